The van der Waals surface area contributed by atoms with Crippen LogP contribution in [0.4, 0.5) is 0 Å². The van der Waals surface area contributed by atoms with Crippen LogP contribution in [0, 0.1) is 0 Å². The Labute approximate surface area is 133 Å². The number of nitrogens with one attached hydrogen (secondary N) is 1. The quantitative estimate of drug-likeness (QED) is 0.708. The SMILES string of the molecule is COc1cccc(C(=O)CCC(=O)c2ccc3[nH]ncc3c2)c1. The average Bonchev–Trinajstić information content (AvgIpc) is 3.07. The lowest BCUT2D eigenvalue weighted by Gasteiger charge is -2.04. The monoisotopic (exact) mass is 308 g/mol. The van der Waals surface area contributed by atoms with E-state index in [1.54, 1.807) is 49.7 Å². The Morgan fingerprint density at radius 1 is 1.04 bits per heavy atom. The van der Waals surface area contributed by atoms with E-state index >= 15 is 0 Å². The first-order chi connectivity index (χ1) is 11.2. The van der Waals surface area contributed by atoms with Crippen LogP contribution in [0.2, 0.25) is 0 Å². The van der Waals surface area contributed by atoms with Crippen molar-refractivity contribution >= 4 is 22.5 Å². The lowest BCUT2D eigenvalue weighted by Crippen LogP contribution is -2.05. The fraction of sp³-hybridized carbons (Fsp3) is 0.167. The van der Waals surface area contributed by atoms with Crippen LogP contribution >= 0.6 is 0 Å². The highest BCUT2D eigenvalue weighted by molar-refractivity contribution is 6.03. The number of carbonyl (C=O) groups excluding carboxylic acids is 2. The predicted molar refractivity (Wildman–Crippen MR) is 87.0 cm³/mol. The Balaban J connectivity index is 1.66. The number of methoxy groups -OCH3 is 1. The topological polar surface area (TPSA) is 72.1 Å². The second-order valence-corrected chi connectivity index (χ2v) is 5.25. The minimum Gasteiger partial charge on any atom is -0.497 e. The number of ketones is 2. The summed E-state index contributed by atoms with van der Waals surface area (Å²) in [4.78, 5) is 24.5. The van der Waals surface area contributed by atoms with Gasteiger partial charge >= 0.3 is 0 Å². The molecule has 2 aromatic carbocycles. The Bertz CT molecular complexity index is 867. The normalized spacial score (nSPS) is 10.7. The molecule has 5 heteroatoms. The van der Waals surface area contributed by atoms with E-state index in [-0.39, 0.29) is 24.4 Å². The number of benzene rings is 2. The van der Waals surface area contributed by atoms with Gasteiger partial charge in [-0.2, -0.15) is 5.10 Å². The van der Waals surface area contributed by atoms with E-state index in [2.05, 4.69) is 10.2 Å². The summed E-state index contributed by atoms with van der Waals surface area (Å²) in [5.74, 6) is 0.513. The lowest BCUT2D eigenvalue weighted by atomic mass is 10.0. The Kier molecular flexibility index (Phi) is 4.19. The highest BCUT2D eigenvalue weighted by atomic mass is 16.5. The lowest BCUT2D eigenvalue weighted by molar-refractivity contribution is 0.0917. The third kappa shape index (κ3) is 3.29. The van der Waals surface area contributed by atoms with Gasteiger partial charge in [-0.15, -0.1) is 0 Å². The zero-order valence-corrected chi connectivity index (χ0v) is 12.7. The zero-order valence-electron chi connectivity index (χ0n) is 12.7. The second kappa shape index (κ2) is 6.44. The van der Waals surface area contributed by atoms with Gasteiger partial charge in [-0.3, -0.25) is 14.7 Å². The van der Waals surface area contributed by atoms with Gasteiger partial charge < -0.3 is 4.74 Å². The summed E-state index contributed by atoms with van der Waals surface area (Å²) < 4.78 is 5.11. The summed E-state index contributed by atoms with van der Waals surface area (Å²) >= 11 is 0. The van der Waals surface area contributed by atoms with Crippen LogP contribution < -0.4 is 4.74 Å². The van der Waals surface area contributed by atoms with Gasteiger partial charge in [0.2, 0.25) is 0 Å². The van der Waals surface area contributed by atoms with Crippen LogP contribution in [0.5, 0.6) is 5.75 Å². The number of H-pyrrole nitrogens is 1. The fourth-order valence-corrected chi connectivity index (χ4v) is 2.43. The van der Waals surface area contributed by atoms with Gasteiger partial charge in [-0.25, -0.2) is 0 Å². The van der Waals surface area contributed by atoms with E-state index in [1.165, 1.54) is 0 Å². The standard InChI is InChI=1S/C18H16N2O3/c1-23-15-4-2-3-12(10-15)17(21)7-8-18(22)13-5-6-16-14(9-13)11-19-20-16/h2-6,9-11H,7-8H2,1H3,(H,19,20). The van der Waals surface area contributed by atoms with Crippen molar-refractivity contribution in [3.05, 3.63) is 59.8 Å². The number of fused-ring (bicyclic) bond motifs is 1. The van der Waals surface area contributed by atoms with Crippen LogP contribution in [0.15, 0.2) is 48.7 Å². The van der Waals surface area contributed by atoms with E-state index in [9.17, 15) is 9.59 Å². The van der Waals surface area contributed by atoms with Crippen LogP contribution in [0.3, 0.4) is 0 Å². The first-order valence-corrected chi connectivity index (χ1v) is 7.31. The van der Waals surface area contributed by atoms with E-state index in [0.717, 1.165) is 10.9 Å². The van der Waals surface area contributed by atoms with Gasteiger partial charge in [0.25, 0.3) is 0 Å². The van der Waals surface area contributed by atoms with Gasteiger partial charge in [0.1, 0.15) is 5.75 Å². The Hall–Kier alpha value is -2.95. The number of rotatable bonds is 6. The van der Waals surface area contributed by atoms with Crippen molar-refractivity contribution in [3.63, 3.8) is 0 Å². The number of carbonyl (C=O) groups is 2. The molecule has 0 unspecified atom stereocenters. The van der Waals surface area contributed by atoms with Gasteiger partial charge in [-0.1, -0.05) is 12.1 Å². The molecular formula is C18H16N2O3. The van der Waals surface area contributed by atoms with Crippen molar-refractivity contribution in [2.75, 3.05) is 7.11 Å². The average molecular weight is 308 g/mol. The summed E-state index contributed by atoms with van der Waals surface area (Å²) in [6, 6.07) is 12.3. The van der Waals surface area contributed by atoms with Crippen LogP contribution in [0.25, 0.3) is 10.9 Å². The number of aromatic nitrogens is 2. The van der Waals surface area contributed by atoms with Gasteiger partial charge in [0, 0.05) is 29.4 Å². The predicted octanol–water partition coefficient (Wildman–Crippen LogP) is 3.42. The van der Waals surface area contributed by atoms with Crippen LogP contribution in [-0.2, 0) is 0 Å². The first-order valence-electron chi connectivity index (χ1n) is 7.31. The molecular weight excluding hydrogens is 292 g/mol. The molecule has 116 valence electrons. The third-order valence-corrected chi connectivity index (χ3v) is 3.73. The number of hydrogen-bond donors (Lipinski definition) is 1. The molecule has 1 aromatic heterocycles. The molecule has 0 bridgehead atoms. The maximum atomic E-state index is 12.3. The highest BCUT2D eigenvalue weighted by Crippen LogP contribution is 2.17. The summed E-state index contributed by atoms with van der Waals surface area (Å²) in [7, 11) is 1.55. The fourth-order valence-electron chi connectivity index (χ4n) is 2.43. The molecule has 1 heterocycles. The molecule has 0 aliphatic rings. The summed E-state index contributed by atoms with van der Waals surface area (Å²) in [5.41, 5.74) is 2.04. The molecule has 1 N–H and O–H groups in total. The van der Waals surface area contributed by atoms with Crippen molar-refractivity contribution in [1.82, 2.24) is 10.2 Å². The van der Waals surface area contributed by atoms with Crippen molar-refractivity contribution in [1.29, 1.82) is 0 Å². The molecule has 0 saturated carbocycles. The minimum atomic E-state index is -0.0679. The van der Waals surface area contributed by atoms with Crippen molar-refractivity contribution in [2.24, 2.45) is 0 Å². The first kappa shape index (κ1) is 15.0. The molecule has 5 nitrogen and oxygen atoms in total. The second-order valence-electron chi connectivity index (χ2n) is 5.25. The molecule has 0 saturated heterocycles. The summed E-state index contributed by atoms with van der Waals surface area (Å²) in [5, 5.41) is 7.65. The van der Waals surface area contributed by atoms with E-state index in [1.807, 2.05) is 6.07 Å². The van der Waals surface area contributed by atoms with Crippen molar-refractivity contribution in [3.8, 4) is 5.75 Å². The van der Waals surface area contributed by atoms with Gasteiger partial charge in [0.15, 0.2) is 11.6 Å². The molecule has 23 heavy (non-hydrogen) atoms. The molecule has 0 aliphatic heterocycles. The molecule has 0 aliphatic carbocycles. The molecule has 3 aromatic rings. The number of hydrogen-bond acceptors (Lipinski definition) is 4. The Morgan fingerprint density at radius 3 is 2.52 bits per heavy atom. The molecule has 0 radical (unpaired) electrons. The minimum absolute atomic E-state index is 0.0515. The number of ether oxygens (including phenoxy) is 1. The van der Waals surface area contributed by atoms with E-state index in [0.29, 0.717) is 16.9 Å². The number of Topliss-reactive ketones (excluding diaryl/α,β-unsaturated/α-hetero) is 2. The zero-order chi connectivity index (χ0) is 16.2. The van der Waals surface area contributed by atoms with Crippen LogP contribution in [-0.4, -0.2) is 28.9 Å². The largest absolute Gasteiger partial charge is 0.497 e. The maximum absolute atomic E-state index is 12.3. The van der Waals surface area contributed by atoms with Crippen molar-refractivity contribution in [2.45, 2.75) is 12.8 Å². The molecule has 3 rings (SSSR count). The molecule has 0 fully saturated rings. The molecule has 0 spiro atoms. The van der Waals surface area contributed by atoms with Gasteiger partial charge in [0.05, 0.1) is 18.8 Å². The molecule has 0 atom stereocenters. The van der Waals surface area contributed by atoms with Crippen LogP contribution in [0.1, 0.15) is 33.6 Å². The van der Waals surface area contributed by atoms with E-state index < -0.39 is 0 Å². The third-order valence-electron chi connectivity index (χ3n) is 3.73. The smallest absolute Gasteiger partial charge is 0.163 e. The van der Waals surface area contributed by atoms with E-state index in [4.69, 9.17) is 4.74 Å². The summed E-state index contributed by atoms with van der Waals surface area (Å²) in [6.45, 7) is 0. The van der Waals surface area contributed by atoms with Gasteiger partial charge in [-0.05, 0) is 30.3 Å². The highest BCUT2D eigenvalue weighted by Gasteiger charge is 2.12. The molecule has 0 amide bonds. The number of nitrogens with zero attached hydrogens (tertiary/aromatic N) is 1. The Morgan fingerprint density at radius 2 is 1.78 bits per heavy atom. The number of aromatic amines is 1. The van der Waals surface area contributed by atoms with Crippen molar-refractivity contribution < 1.29 is 14.3 Å². The summed E-state index contributed by atoms with van der Waals surface area (Å²) in [6.07, 6.45) is 2.03. The maximum Gasteiger partial charge on any atom is 0.163 e.